The van der Waals surface area contributed by atoms with Gasteiger partial charge in [0.1, 0.15) is 5.75 Å². The van der Waals surface area contributed by atoms with E-state index in [-0.39, 0.29) is 0 Å². The summed E-state index contributed by atoms with van der Waals surface area (Å²) in [5.74, 6) is 2.08. The van der Waals surface area contributed by atoms with Gasteiger partial charge in [-0.1, -0.05) is 25.5 Å². The molecule has 0 saturated carbocycles. The first-order chi connectivity index (χ1) is 6.38. The molecule has 0 saturated heterocycles. The second-order valence-electron chi connectivity index (χ2n) is 2.71. The summed E-state index contributed by atoms with van der Waals surface area (Å²) >= 11 is 1.83. The van der Waals surface area contributed by atoms with E-state index in [1.165, 1.54) is 4.90 Å². The molecular formula is C11H15OS. The minimum Gasteiger partial charge on any atom is -0.496 e. The summed E-state index contributed by atoms with van der Waals surface area (Å²) in [6, 6.07) is 8.11. The van der Waals surface area contributed by atoms with Gasteiger partial charge in [-0.25, -0.2) is 0 Å². The van der Waals surface area contributed by atoms with E-state index >= 15 is 0 Å². The minimum absolute atomic E-state index is 0.969. The number of rotatable bonds is 5. The summed E-state index contributed by atoms with van der Waals surface area (Å²) in [5, 5.41) is 0. The van der Waals surface area contributed by atoms with Crippen molar-refractivity contribution in [3.8, 4) is 5.75 Å². The first kappa shape index (κ1) is 10.5. The van der Waals surface area contributed by atoms with Crippen LogP contribution in [-0.2, 0) is 0 Å². The number of thioether (sulfide) groups is 1. The second kappa shape index (κ2) is 5.92. The fraction of sp³-hybridized carbons (Fsp3) is 0.364. The van der Waals surface area contributed by atoms with Crippen LogP contribution in [0.1, 0.15) is 12.8 Å². The molecule has 1 aromatic rings. The Hall–Kier alpha value is -0.630. The number of unbranched alkanes of at least 4 members (excludes halogenated alkanes) is 1. The average molecular weight is 195 g/mol. The monoisotopic (exact) mass is 195 g/mol. The van der Waals surface area contributed by atoms with Gasteiger partial charge in [-0.3, -0.25) is 0 Å². The van der Waals surface area contributed by atoms with Gasteiger partial charge in [0, 0.05) is 4.90 Å². The molecule has 0 aliphatic heterocycles. The van der Waals surface area contributed by atoms with Gasteiger partial charge in [-0.05, 0) is 24.3 Å². The maximum atomic E-state index is 5.24. The van der Waals surface area contributed by atoms with E-state index < -0.39 is 0 Å². The van der Waals surface area contributed by atoms with Crippen molar-refractivity contribution >= 4 is 11.8 Å². The third-order valence-corrected chi connectivity index (χ3v) is 2.86. The van der Waals surface area contributed by atoms with Crippen LogP contribution in [0.15, 0.2) is 29.2 Å². The summed E-state index contributed by atoms with van der Waals surface area (Å²) in [5.41, 5.74) is 0. The molecule has 1 radical (unpaired) electrons. The van der Waals surface area contributed by atoms with Crippen LogP contribution in [0.3, 0.4) is 0 Å². The van der Waals surface area contributed by atoms with Crippen LogP contribution in [0, 0.1) is 6.92 Å². The van der Waals surface area contributed by atoms with E-state index in [1.807, 2.05) is 30.0 Å². The maximum Gasteiger partial charge on any atom is 0.132 e. The number of benzene rings is 1. The van der Waals surface area contributed by atoms with E-state index in [0.29, 0.717) is 0 Å². The van der Waals surface area contributed by atoms with Crippen molar-refractivity contribution < 1.29 is 4.74 Å². The highest BCUT2D eigenvalue weighted by atomic mass is 32.2. The fourth-order valence-corrected chi connectivity index (χ4v) is 2.06. The van der Waals surface area contributed by atoms with Gasteiger partial charge in [0.25, 0.3) is 0 Å². The lowest BCUT2D eigenvalue weighted by atomic mass is 10.3. The van der Waals surface area contributed by atoms with Crippen LogP contribution in [0.5, 0.6) is 5.75 Å². The third-order valence-electron chi connectivity index (χ3n) is 1.72. The molecule has 1 aromatic carbocycles. The molecule has 0 aliphatic carbocycles. The van der Waals surface area contributed by atoms with Crippen LogP contribution in [-0.4, -0.2) is 12.9 Å². The average Bonchev–Trinajstić information content (AvgIpc) is 2.19. The van der Waals surface area contributed by atoms with E-state index in [0.717, 1.165) is 24.3 Å². The lowest BCUT2D eigenvalue weighted by molar-refractivity contribution is 0.405. The molecule has 1 rings (SSSR count). The maximum absolute atomic E-state index is 5.24. The second-order valence-corrected chi connectivity index (χ2v) is 3.84. The van der Waals surface area contributed by atoms with Gasteiger partial charge >= 0.3 is 0 Å². The fourth-order valence-electron chi connectivity index (χ4n) is 1.02. The molecule has 71 valence electrons. The third kappa shape index (κ3) is 3.31. The van der Waals surface area contributed by atoms with Gasteiger partial charge in [-0.2, -0.15) is 0 Å². The number of hydrogen-bond acceptors (Lipinski definition) is 2. The van der Waals surface area contributed by atoms with Crippen molar-refractivity contribution in [2.24, 2.45) is 0 Å². The number of para-hydroxylation sites is 1. The van der Waals surface area contributed by atoms with E-state index in [1.54, 1.807) is 7.11 Å². The molecule has 2 heteroatoms. The molecule has 1 nitrogen and oxygen atoms in total. The first-order valence-corrected chi connectivity index (χ1v) is 5.42. The van der Waals surface area contributed by atoms with Crippen molar-refractivity contribution in [2.75, 3.05) is 12.9 Å². The molecule has 0 aromatic heterocycles. The Bertz CT molecular complexity index is 248. The Morgan fingerprint density at radius 2 is 2.15 bits per heavy atom. The molecule has 0 spiro atoms. The normalized spacial score (nSPS) is 10.0. The molecule has 0 atom stereocenters. The predicted molar refractivity (Wildman–Crippen MR) is 58.3 cm³/mol. The molecule has 0 aliphatic rings. The van der Waals surface area contributed by atoms with Crippen LogP contribution in [0.2, 0.25) is 0 Å². The van der Waals surface area contributed by atoms with Crippen molar-refractivity contribution in [1.82, 2.24) is 0 Å². The number of hydrogen-bond donors (Lipinski definition) is 0. The van der Waals surface area contributed by atoms with E-state index in [9.17, 15) is 0 Å². The number of ether oxygens (including phenoxy) is 1. The highest BCUT2D eigenvalue weighted by Crippen LogP contribution is 2.28. The Labute approximate surface area is 84.5 Å². The van der Waals surface area contributed by atoms with Crippen molar-refractivity contribution in [3.63, 3.8) is 0 Å². The topological polar surface area (TPSA) is 9.23 Å². The summed E-state index contributed by atoms with van der Waals surface area (Å²) < 4.78 is 5.24. The standard InChI is InChI=1S/C11H15OS/c1-3-4-9-13-11-8-6-5-7-10(11)12-2/h5-8H,1,3-4,9H2,2H3. The lowest BCUT2D eigenvalue weighted by Gasteiger charge is -2.06. The molecule has 0 N–H and O–H groups in total. The van der Waals surface area contributed by atoms with Crippen molar-refractivity contribution in [2.45, 2.75) is 17.7 Å². The van der Waals surface area contributed by atoms with Crippen molar-refractivity contribution in [3.05, 3.63) is 31.2 Å². The quantitative estimate of drug-likeness (QED) is 0.526. The van der Waals surface area contributed by atoms with Crippen molar-refractivity contribution in [1.29, 1.82) is 0 Å². The Balaban J connectivity index is 2.54. The molecule has 0 unspecified atom stereocenters. The summed E-state index contributed by atoms with van der Waals surface area (Å²) in [6.45, 7) is 3.81. The van der Waals surface area contributed by atoms with E-state index in [4.69, 9.17) is 4.74 Å². The highest BCUT2D eigenvalue weighted by molar-refractivity contribution is 7.99. The summed E-state index contributed by atoms with van der Waals surface area (Å²) in [6.07, 6.45) is 2.16. The van der Waals surface area contributed by atoms with Crippen LogP contribution in [0.4, 0.5) is 0 Å². The molecule has 0 fully saturated rings. The molecular weight excluding hydrogens is 180 g/mol. The van der Waals surface area contributed by atoms with Crippen LogP contribution in [0.25, 0.3) is 0 Å². The largest absolute Gasteiger partial charge is 0.496 e. The van der Waals surface area contributed by atoms with Gasteiger partial charge in [0.2, 0.25) is 0 Å². The Kier molecular flexibility index (Phi) is 4.76. The zero-order valence-corrected chi connectivity index (χ0v) is 8.77. The SMILES string of the molecule is [CH2]CCCSc1ccccc1OC. The highest BCUT2D eigenvalue weighted by Gasteiger charge is 2.00. The summed E-state index contributed by atoms with van der Waals surface area (Å²) in [7, 11) is 1.71. The smallest absolute Gasteiger partial charge is 0.132 e. The van der Waals surface area contributed by atoms with Gasteiger partial charge in [0.05, 0.1) is 7.11 Å². The molecule has 0 amide bonds. The molecule has 0 bridgehead atoms. The van der Waals surface area contributed by atoms with Gasteiger partial charge in [0.15, 0.2) is 0 Å². The lowest BCUT2D eigenvalue weighted by Crippen LogP contribution is -1.86. The number of methoxy groups -OCH3 is 1. The van der Waals surface area contributed by atoms with Crippen LogP contribution >= 0.6 is 11.8 Å². The van der Waals surface area contributed by atoms with Crippen LogP contribution < -0.4 is 4.74 Å². The minimum atomic E-state index is 0.969. The summed E-state index contributed by atoms with van der Waals surface area (Å²) in [4.78, 5) is 1.22. The molecule has 0 heterocycles. The Morgan fingerprint density at radius 1 is 1.38 bits per heavy atom. The Morgan fingerprint density at radius 3 is 2.85 bits per heavy atom. The molecule has 13 heavy (non-hydrogen) atoms. The zero-order chi connectivity index (χ0) is 9.52. The predicted octanol–water partition coefficient (Wildman–Crippen LogP) is 3.40. The van der Waals surface area contributed by atoms with Gasteiger partial charge in [-0.15, -0.1) is 11.8 Å². The zero-order valence-electron chi connectivity index (χ0n) is 7.95. The van der Waals surface area contributed by atoms with Gasteiger partial charge < -0.3 is 4.74 Å². The first-order valence-electron chi connectivity index (χ1n) is 4.43. The van der Waals surface area contributed by atoms with E-state index in [2.05, 4.69) is 13.0 Å².